The lowest BCUT2D eigenvalue weighted by molar-refractivity contribution is 0.482. The van der Waals surface area contributed by atoms with Crippen molar-refractivity contribution in [2.75, 3.05) is 0 Å². The van der Waals surface area contributed by atoms with Crippen LogP contribution >= 0.6 is 0 Å². The average Bonchev–Trinajstić information content (AvgIpc) is 2.68. The lowest BCUT2D eigenvalue weighted by Gasteiger charge is -2.06. The molecule has 3 aromatic carbocycles. The first kappa shape index (κ1) is 17.8. The van der Waals surface area contributed by atoms with Crippen LogP contribution in [0.25, 0.3) is 0 Å². The molecule has 0 saturated heterocycles. The number of hydrogen-bond acceptors (Lipinski definition) is 5. The molecule has 27 heavy (non-hydrogen) atoms. The fraction of sp³-hybridized carbons (Fsp3) is 0.0909. The van der Waals surface area contributed by atoms with Gasteiger partial charge in [-0.1, -0.05) is 17.7 Å². The van der Waals surface area contributed by atoms with E-state index < -0.39 is 0 Å². The van der Waals surface area contributed by atoms with Gasteiger partial charge in [-0.3, -0.25) is 0 Å². The van der Waals surface area contributed by atoms with Crippen LogP contribution in [0.4, 0.5) is 11.4 Å². The molecular weight excluding hydrogens is 336 g/mol. The van der Waals surface area contributed by atoms with Crippen LogP contribution in [0.5, 0.6) is 11.5 Å². The first-order valence-corrected chi connectivity index (χ1v) is 8.30. The van der Waals surface area contributed by atoms with Crippen molar-refractivity contribution in [3.8, 4) is 23.6 Å². The highest BCUT2D eigenvalue weighted by molar-refractivity contribution is 5.51. The predicted molar refractivity (Wildman–Crippen MR) is 102 cm³/mol. The van der Waals surface area contributed by atoms with Crippen LogP contribution in [0.1, 0.15) is 22.3 Å². The number of benzene rings is 3. The van der Waals surface area contributed by atoms with Crippen LogP contribution in [0.15, 0.2) is 70.9 Å². The van der Waals surface area contributed by atoms with Crippen molar-refractivity contribution in [2.45, 2.75) is 13.8 Å². The molecule has 0 aliphatic rings. The normalized spacial score (nSPS) is 10.4. The highest BCUT2D eigenvalue weighted by Crippen LogP contribution is 2.27. The van der Waals surface area contributed by atoms with E-state index in [0.29, 0.717) is 22.7 Å². The lowest BCUT2D eigenvalue weighted by atomic mass is 10.1. The van der Waals surface area contributed by atoms with Crippen molar-refractivity contribution in [3.63, 3.8) is 0 Å². The zero-order chi connectivity index (χ0) is 19.2. The number of azo groups is 1. The molecule has 0 fully saturated rings. The third-order valence-electron chi connectivity index (χ3n) is 3.93. The minimum absolute atomic E-state index is 0.286. The van der Waals surface area contributed by atoms with E-state index in [0.717, 1.165) is 11.3 Å². The smallest absolute Gasteiger partial charge is 0.128 e. The lowest BCUT2D eigenvalue weighted by Crippen LogP contribution is -1.88. The number of hydrogen-bond donors (Lipinski definition) is 0. The monoisotopic (exact) mass is 352 g/mol. The molecule has 0 saturated carbocycles. The third kappa shape index (κ3) is 4.36. The summed E-state index contributed by atoms with van der Waals surface area (Å²) in [6.07, 6.45) is 0. The number of nitrogens with zero attached hydrogens (tertiary/aromatic N) is 4. The van der Waals surface area contributed by atoms with Gasteiger partial charge in [0.2, 0.25) is 0 Å². The molecule has 0 amide bonds. The van der Waals surface area contributed by atoms with E-state index in [1.807, 2.05) is 38.1 Å². The van der Waals surface area contributed by atoms with Gasteiger partial charge in [-0.25, -0.2) is 0 Å². The van der Waals surface area contributed by atoms with Gasteiger partial charge in [-0.05, 0) is 67.9 Å². The molecule has 3 rings (SSSR count). The SMILES string of the molecule is Cc1ccc(N=Nc2ccc(Oc3ccc(C#N)c(C#N)c3)cc2)c(C)c1. The quantitative estimate of drug-likeness (QED) is 0.520. The van der Waals surface area contributed by atoms with Crippen LogP contribution in [0.3, 0.4) is 0 Å². The summed E-state index contributed by atoms with van der Waals surface area (Å²) in [7, 11) is 0. The van der Waals surface area contributed by atoms with Gasteiger partial charge in [-0.2, -0.15) is 20.8 Å². The second-order valence-electron chi connectivity index (χ2n) is 6.02. The molecule has 130 valence electrons. The van der Waals surface area contributed by atoms with Gasteiger partial charge < -0.3 is 4.74 Å². The van der Waals surface area contributed by atoms with Crippen molar-refractivity contribution in [3.05, 3.63) is 82.9 Å². The molecule has 0 aromatic heterocycles. The summed E-state index contributed by atoms with van der Waals surface area (Å²) < 4.78 is 5.74. The molecule has 0 unspecified atom stereocenters. The molecule has 0 aliphatic carbocycles. The molecule has 5 heteroatoms. The number of aryl methyl sites for hydroxylation is 2. The van der Waals surface area contributed by atoms with Crippen LogP contribution < -0.4 is 4.74 Å². The van der Waals surface area contributed by atoms with E-state index >= 15 is 0 Å². The Balaban J connectivity index is 1.73. The van der Waals surface area contributed by atoms with E-state index in [1.165, 1.54) is 5.56 Å². The predicted octanol–water partition coefficient (Wildman–Crippen LogP) is 6.25. The standard InChI is InChI=1S/C22H16N4O/c1-15-3-10-22(16(2)11-15)26-25-19-5-8-20(9-6-19)27-21-7-4-17(13-23)18(12-21)14-24/h3-12H,1-2H3. The second-order valence-corrected chi connectivity index (χ2v) is 6.02. The van der Waals surface area contributed by atoms with Gasteiger partial charge in [0.25, 0.3) is 0 Å². The highest BCUT2D eigenvalue weighted by Gasteiger charge is 2.05. The summed E-state index contributed by atoms with van der Waals surface area (Å²) in [5, 5.41) is 26.6. The Morgan fingerprint density at radius 3 is 2.11 bits per heavy atom. The molecule has 3 aromatic rings. The van der Waals surface area contributed by atoms with Gasteiger partial charge in [0, 0.05) is 0 Å². The van der Waals surface area contributed by atoms with E-state index in [9.17, 15) is 0 Å². The topological polar surface area (TPSA) is 81.5 Å². The third-order valence-corrected chi connectivity index (χ3v) is 3.93. The second kappa shape index (κ2) is 7.95. The summed E-state index contributed by atoms with van der Waals surface area (Å²) >= 11 is 0. The van der Waals surface area contributed by atoms with Crippen LogP contribution in [-0.4, -0.2) is 0 Å². The van der Waals surface area contributed by atoms with Crippen molar-refractivity contribution in [1.29, 1.82) is 10.5 Å². The van der Waals surface area contributed by atoms with E-state index in [4.69, 9.17) is 15.3 Å². The Morgan fingerprint density at radius 2 is 1.44 bits per heavy atom. The summed E-state index contributed by atoms with van der Waals surface area (Å²) in [6, 6.07) is 21.9. The van der Waals surface area contributed by atoms with E-state index in [2.05, 4.69) is 16.3 Å². The van der Waals surface area contributed by atoms with Crippen molar-refractivity contribution >= 4 is 11.4 Å². The molecule has 0 heterocycles. The molecule has 5 nitrogen and oxygen atoms in total. The average molecular weight is 352 g/mol. The van der Waals surface area contributed by atoms with Gasteiger partial charge in [0.1, 0.15) is 23.6 Å². The van der Waals surface area contributed by atoms with Crippen LogP contribution in [0, 0.1) is 36.5 Å². The Kier molecular flexibility index (Phi) is 5.25. The molecular formula is C22H16N4O. The van der Waals surface area contributed by atoms with Gasteiger partial charge >= 0.3 is 0 Å². The van der Waals surface area contributed by atoms with Crippen LogP contribution in [0.2, 0.25) is 0 Å². The fourth-order valence-corrected chi connectivity index (χ4v) is 2.52. The summed E-state index contributed by atoms with van der Waals surface area (Å²) in [5.74, 6) is 1.10. The van der Waals surface area contributed by atoms with Crippen molar-refractivity contribution in [2.24, 2.45) is 10.2 Å². The largest absolute Gasteiger partial charge is 0.457 e. The Labute approximate surface area is 157 Å². The Morgan fingerprint density at radius 1 is 0.741 bits per heavy atom. The molecule has 0 radical (unpaired) electrons. The first-order valence-electron chi connectivity index (χ1n) is 8.30. The molecule has 0 spiro atoms. The summed E-state index contributed by atoms with van der Waals surface area (Å²) in [5.41, 5.74) is 4.42. The highest BCUT2D eigenvalue weighted by atomic mass is 16.5. The first-order chi connectivity index (χ1) is 13.1. The molecule has 0 atom stereocenters. The van der Waals surface area contributed by atoms with Crippen LogP contribution in [-0.2, 0) is 0 Å². The number of nitriles is 2. The Hall–Kier alpha value is -3.96. The zero-order valence-electron chi connectivity index (χ0n) is 15.0. The molecule has 0 bridgehead atoms. The summed E-state index contributed by atoms with van der Waals surface area (Å²) in [6.45, 7) is 4.05. The molecule has 0 aliphatic heterocycles. The maximum atomic E-state index is 9.08. The molecule has 0 N–H and O–H groups in total. The zero-order valence-corrected chi connectivity index (χ0v) is 15.0. The number of rotatable bonds is 4. The van der Waals surface area contributed by atoms with E-state index in [1.54, 1.807) is 42.5 Å². The minimum Gasteiger partial charge on any atom is -0.457 e. The fourth-order valence-electron chi connectivity index (χ4n) is 2.52. The van der Waals surface area contributed by atoms with Gasteiger partial charge in [0.05, 0.1) is 22.5 Å². The van der Waals surface area contributed by atoms with Crippen molar-refractivity contribution < 1.29 is 4.74 Å². The minimum atomic E-state index is 0.286. The Bertz CT molecular complexity index is 1090. The van der Waals surface area contributed by atoms with Gasteiger partial charge in [-0.15, -0.1) is 0 Å². The maximum absolute atomic E-state index is 9.08. The maximum Gasteiger partial charge on any atom is 0.128 e. The van der Waals surface area contributed by atoms with Crippen molar-refractivity contribution in [1.82, 2.24) is 0 Å². The van der Waals surface area contributed by atoms with E-state index in [-0.39, 0.29) is 5.56 Å². The summed E-state index contributed by atoms with van der Waals surface area (Å²) in [4.78, 5) is 0. The van der Waals surface area contributed by atoms with Gasteiger partial charge in [0.15, 0.2) is 0 Å². The number of ether oxygens (including phenoxy) is 1.